The van der Waals surface area contributed by atoms with Gasteiger partial charge in [-0.3, -0.25) is 0 Å². The lowest BCUT2D eigenvalue weighted by Gasteiger charge is -1.99. The third-order valence-electron chi connectivity index (χ3n) is 2.23. The largest absolute Gasteiger partial charge is 0.218 e. The molecule has 0 spiro atoms. The number of halogens is 1. The van der Waals surface area contributed by atoms with Gasteiger partial charge < -0.3 is 0 Å². The van der Waals surface area contributed by atoms with Gasteiger partial charge in [0.15, 0.2) is 0 Å². The first-order valence-corrected chi connectivity index (χ1v) is 7.45. The fourth-order valence-corrected chi connectivity index (χ4v) is 4.11. The first kappa shape index (κ1) is 11.9. The lowest BCUT2D eigenvalue weighted by atomic mass is 10.2. The molecular formula is C10H10ClNO2S2. The average Bonchev–Trinajstić information content (AvgIpc) is 2.56. The lowest BCUT2D eigenvalue weighted by Crippen LogP contribution is -2.19. The molecule has 0 saturated carbocycles. The number of thiophene rings is 1. The number of rotatable bonds is 3. The number of fused-ring (bicyclic) bond motifs is 1. The molecule has 0 aliphatic heterocycles. The normalized spacial score (nSPS) is 12.1. The van der Waals surface area contributed by atoms with Crippen LogP contribution in [0.4, 0.5) is 0 Å². The van der Waals surface area contributed by atoms with Crippen LogP contribution in [-0.2, 0) is 15.8 Å². The van der Waals surface area contributed by atoms with Gasteiger partial charge in [-0.2, -0.15) is 0 Å². The Morgan fingerprint density at radius 3 is 2.69 bits per heavy atom. The number of sulfonamides is 1. The third-order valence-corrected chi connectivity index (χ3v) is 5.42. The van der Waals surface area contributed by atoms with Gasteiger partial charge in [-0.1, -0.05) is 29.8 Å². The molecule has 2 aromatic rings. The number of nitrogens with one attached hydrogen (secondary N) is 1. The van der Waals surface area contributed by atoms with Crippen LogP contribution in [0.5, 0.6) is 0 Å². The topological polar surface area (TPSA) is 46.2 Å². The maximum absolute atomic E-state index is 11.4. The fraction of sp³-hybridized carbons (Fsp3) is 0.200. The van der Waals surface area contributed by atoms with E-state index >= 15 is 0 Å². The van der Waals surface area contributed by atoms with Crippen molar-refractivity contribution in [1.29, 1.82) is 0 Å². The van der Waals surface area contributed by atoms with Crippen LogP contribution in [0, 0.1) is 0 Å². The fourth-order valence-electron chi connectivity index (χ4n) is 1.40. The van der Waals surface area contributed by atoms with E-state index in [1.165, 1.54) is 18.4 Å². The molecule has 1 heterocycles. The first-order chi connectivity index (χ1) is 7.53. The maximum atomic E-state index is 11.4. The van der Waals surface area contributed by atoms with Crippen molar-refractivity contribution >= 4 is 43.0 Å². The summed E-state index contributed by atoms with van der Waals surface area (Å²) in [6.45, 7) is 0. The van der Waals surface area contributed by atoms with Gasteiger partial charge in [-0.05, 0) is 13.1 Å². The minimum Gasteiger partial charge on any atom is -0.218 e. The molecule has 6 heteroatoms. The van der Waals surface area contributed by atoms with Gasteiger partial charge in [0.2, 0.25) is 10.0 Å². The van der Waals surface area contributed by atoms with Crippen molar-refractivity contribution in [2.45, 2.75) is 5.75 Å². The molecule has 1 aromatic heterocycles. The molecule has 0 fully saturated rings. The highest BCUT2D eigenvalue weighted by molar-refractivity contribution is 7.88. The molecule has 1 N–H and O–H groups in total. The SMILES string of the molecule is CNS(=O)(=O)Cc1sc2ccccc2c1Cl. The summed E-state index contributed by atoms with van der Waals surface area (Å²) >= 11 is 7.55. The van der Waals surface area contributed by atoms with Crippen molar-refractivity contribution in [3.05, 3.63) is 34.2 Å². The Morgan fingerprint density at radius 2 is 2.06 bits per heavy atom. The van der Waals surface area contributed by atoms with Crippen LogP contribution in [0.2, 0.25) is 5.02 Å². The molecule has 0 saturated heterocycles. The highest BCUT2D eigenvalue weighted by atomic mass is 35.5. The van der Waals surface area contributed by atoms with E-state index in [-0.39, 0.29) is 5.75 Å². The molecule has 0 aliphatic rings. The summed E-state index contributed by atoms with van der Waals surface area (Å²) in [5.41, 5.74) is 0. The van der Waals surface area contributed by atoms with E-state index in [9.17, 15) is 8.42 Å². The van der Waals surface area contributed by atoms with Crippen molar-refractivity contribution < 1.29 is 8.42 Å². The summed E-state index contributed by atoms with van der Waals surface area (Å²) in [4.78, 5) is 0.678. The first-order valence-electron chi connectivity index (χ1n) is 4.60. The zero-order valence-corrected chi connectivity index (χ0v) is 10.9. The van der Waals surface area contributed by atoms with Crippen molar-refractivity contribution in [2.75, 3.05) is 7.05 Å². The highest BCUT2D eigenvalue weighted by Crippen LogP contribution is 2.35. The summed E-state index contributed by atoms with van der Waals surface area (Å²) in [5, 5.41) is 1.45. The van der Waals surface area contributed by atoms with Crippen LogP contribution in [0.1, 0.15) is 4.88 Å². The molecule has 1 aromatic carbocycles. The summed E-state index contributed by atoms with van der Waals surface area (Å²) in [6, 6.07) is 7.62. The van der Waals surface area contributed by atoms with Gasteiger partial charge in [0, 0.05) is 15.0 Å². The predicted molar refractivity (Wildman–Crippen MR) is 68.5 cm³/mol. The molecule has 16 heavy (non-hydrogen) atoms. The Labute approximate surface area is 103 Å². The van der Waals surface area contributed by atoms with Crippen LogP contribution in [0.3, 0.4) is 0 Å². The number of hydrogen-bond acceptors (Lipinski definition) is 3. The van der Waals surface area contributed by atoms with E-state index in [0.717, 1.165) is 10.1 Å². The Morgan fingerprint density at radius 1 is 1.38 bits per heavy atom. The Bertz CT molecular complexity index is 619. The van der Waals surface area contributed by atoms with Gasteiger partial charge in [-0.15, -0.1) is 11.3 Å². The monoisotopic (exact) mass is 275 g/mol. The minimum atomic E-state index is -3.27. The second kappa shape index (κ2) is 4.33. The van der Waals surface area contributed by atoms with E-state index in [4.69, 9.17) is 11.6 Å². The van der Waals surface area contributed by atoms with Crippen LogP contribution >= 0.6 is 22.9 Å². The summed E-state index contributed by atoms with van der Waals surface area (Å²) in [7, 11) is -1.87. The number of hydrogen-bond donors (Lipinski definition) is 1. The van der Waals surface area contributed by atoms with E-state index in [1.54, 1.807) is 0 Å². The second-order valence-corrected chi connectivity index (χ2v) is 6.74. The molecule has 0 amide bonds. The van der Waals surface area contributed by atoms with Gasteiger partial charge in [0.05, 0.1) is 5.02 Å². The van der Waals surface area contributed by atoms with Crippen molar-refractivity contribution in [3.8, 4) is 0 Å². The Kier molecular flexibility index (Phi) is 3.21. The minimum absolute atomic E-state index is 0.0678. The zero-order valence-electron chi connectivity index (χ0n) is 8.53. The van der Waals surface area contributed by atoms with Crippen molar-refractivity contribution in [2.24, 2.45) is 0 Å². The summed E-state index contributed by atoms with van der Waals surface area (Å²) < 4.78 is 26.2. The number of benzene rings is 1. The smallest absolute Gasteiger partial charge is 0.216 e. The molecule has 86 valence electrons. The third kappa shape index (κ3) is 2.22. The van der Waals surface area contributed by atoms with Crippen LogP contribution in [0.15, 0.2) is 24.3 Å². The molecule has 3 nitrogen and oxygen atoms in total. The van der Waals surface area contributed by atoms with Gasteiger partial charge in [-0.25, -0.2) is 13.1 Å². The molecule has 0 unspecified atom stereocenters. The highest BCUT2D eigenvalue weighted by Gasteiger charge is 2.16. The van der Waals surface area contributed by atoms with E-state index in [1.807, 2.05) is 24.3 Å². The van der Waals surface area contributed by atoms with E-state index in [2.05, 4.69) is 4.72 Å². The lowest BCUT2D eigenvalue weighted by molar-refractivity contribution is 0.588. The standard InChI is InChI=1S/C10H10ClNO2S2/c1-12-16(13,14)6-9-10(11)7-4-2-3-5-8(7)15-9/h2-5,12H,6H2,1H3. The quantitative estimate of drug-likeness (QED) is 0.936. The predicted octanol–water partition coefficient (Wildman–Crippen LogP) is 2.60. The molecule has 0 radical (unpaired) electrons. The maximum Gasteiger partial charge on any atom is 0.216 e. The van der Waals surface area contributed by atoms with Crippen LogP contribution in [-0.4, -0.2) is 15.5 Å². The molecule has 0 bridgehead atoms. The van der Waals surface area contributed by atoms with Gasteiger partial charge in [0.25, 0.3) is 0 Å². The van der Waals surface area contributed by atoms with Crippen LogP contribution in [0.25, 0.3) is 10.1 Å². The Balaban J connectivity index is 2.50. The average molecular weight is 276 g/mol. The van der Waals surface area contributed by atoms with Crippen LogP contribution < -0.4 is 4.72 Å². The Hall–Kier alpha value is -0.620. The van der Waals surface area contributed by atoms with Crippen molar-refractivity contribution in [3.63, 3.8) is 0 Å². The van der Waals surface area contributed by atoms with E-state index < -0.39 is 10.0 Å². The summed E-state index contributed by atoms with van der Waals surface area (Å²) in [6.07, 6.45) is 0. The van der Waals surface area contributed by atoms with Crippen molar-refractivity contribution in [1.82, 2.24) is 4.72 Å². The zero-order chi connectivity index (χ0) is 11.8. The molecule has 2 rings (SSSR count). The second-order valence-electron chi connectivity index (χ2n) is 3.30. The summed E-state index contributed by atoms with van der Waals surface area (Å²) in [5.74, 6) is -0.0678. The molecule has 0 atom stereocenters. The molecular weight excluding hydrogens is 266 g/mol. The van der Waals surface area contributed by atoms with Gasteiger partial charge in [0.1, 0.15) is 5.75 Å². The van der Waals surface area contributed by atoms with Gasteiger partial charge >= 0.3 is 0 Å². The van der Waals surface area contributed by atoms with E-state index in [0.29, 0.717) is 9.90 Å². The molecule has 0 aliphatic carbocycles.